The van der Waals surface area contributed by atoms with Gasteiger partial charge < -0.3 is 5.32 Å². The topological polar surface area (TPSA) is 75.2 Å². The van der Waals surface area contributed by atoms with Crippen LogP contribution in [0.5, 0.6) is 0 Å². The van der Waals surface area contributed by atoms with Gasteiger partial charge in [0.05, 0.1) is 5.25 Å². The zero-order valence-corrected chi connectivity index (χ0v) is 17.2. The molecule has 0 saturated heterocycles. The molecular weight excluding hydrogens is 392 g/mol. The van der Waals surface area contributed by atoms with E-state index in [1.165, 1.54) is 23.1 Å². The number of thioether (sulfide) groups is 1. The van der Waals surface area contributed by atoms with Gasteiger partial charge >= 0.3 is 0 Å². The molecule has 4 rings (SSSR count). The molecule has 1 aliphatic carbocycles. The highest BCUT2D eigenvalue weighted by Gasteiger charge is 2.34. The number of benzene rings is 2. The lowest BCUT2D eigenvalue weighted by molar-refractivity contribution is -0.117. The van der Waals surface area contributed by atoms with Gasteiger partial charge in [-0.25, -0.2) is 0 Å². The average molecular weight is 413 g/mol. The number of nitrogens with one attached hydrogen (secondary N) is 1. The largest absolute Gasteiger partial charge is 0.325 e. The maximum absolute atomic E-state index is 12.7. The maximum Gasteiger partial charge on any atom is 0.237 e. The highest BCUT2D eigenvalue weighted by atomic mass is 32.2. The summed E-state index contributed by atoms with van der Waals surface area (Å²) in [6.07, 6.45) is 2.01. The predicted octanol–water partition coefficient (Wildman–Crippen LogP) is 4.33. The maximum atomic E-state index is 12.7. The SMILES string of the molecule is CC(=O)N(c1nnc(SC(C)C(=O)Nc2cccc3ccccc23)s1)C1CC1. The number of anilines is 2. The number of aromatic nitrogens is 2. The van der Waals surface area contributed by atoms with Gasteiger partial charge in [-0.3, -0.25) is 14.5 Å². The Morgan fingerprint density at radius 1 is 1.18 bits per heavy atom. The first-order valence-corrected chi connectivity index (χ1v) is 10.8. The number of carbonyl (C=O) groups excluding carboxylic acids is 2. The summed E-state index contributed by atoms with van der Waals surface area (Å²) in [6.45, 7) is 3.39. The van der Waals surface area contributed by atoms with E-state index in [9.17, 15) is 9.59 Å². The van der Waals surface area contributed by atoms with Crippen LogP contribution in [0.1, 0.15) is 26.7 Å². The van der Waals surface area contributed by atoms with Crippen LogP contribution in [-0.2, 0) is 9.59 Å². The van der Waals surface area contributed by atoms with Gasteiger partial charge in [-0.15, -0.1) is 10.2 Å². The lowest BCUT2D eigenvalue weighted by Crippen LogP contribution is -2.30. The monoisotopic (exact) mass is 412 g/mol. The van der Waals surface area contributed by atoms with E-state index in [1.807, 2.05) is 49.4 Å². The summed E-state index contributed by atoms with van der Waals surface area (Å²) in [4.78, 5) is 26.3. The van der Waals surface area contributed by atoms with Crippen LogP contribution < -0.4 is 10.2 Å². The third kappa shape index (κ3) is 4.02. The van der Waals surface area contributed by atoms with E-state index in [2.05, 4.69) is 15.5 Å². The summed E-state index contributed by atoms with van der Waals surface area (Å²) in [6, 6.07) is 14.1. The highest BCUT2D eigenvalue weighted by molar-refractivity contribution is 8.02. The molecule has 1 unspecified atom stereocenters. The van der Waals surface area contributed by atoms with Crippen LogP contribution in [-0.4, -0.2) is 33.3 Å². The molecule has 6 nitrogen and oxygen atoms in total. The van der Waals surface area contributed by atoms with Gasteiger partial charge in [-0.05, 0) is 31.2 Å². The zero-order chi connectivity index (χ0) is 19.7. The van der Waals surface area contributed by atoms with Gasteiger partial charge in [0.1, 0.15) is 0 Å². The van der Waals surface area contributed by atoms with Crippen molar-refractivity contribution in [1.29, 1.82) is 0 Å². The number of hydrogen-bond donors (Lipinski definition) is 1. The van der Waals surface area contributed by atoms with Crippen molar-refractivity contribution in [2.75, 3.05) is 10.2 Å². The molecule has 2 amide bonds. The molecule has 0 bridgehead atoms. The smallest absolute Gasteiger partial charge is 0.237 e. The van der Waals surface area contributed by atoms with E-state index in [-0.39, 0.29) is 23.1 Å². The quantitative estimate of drug-likeness (QED) is 0.482. The van der Waals surface area contributed by atoms with Crippen LogP contribution in [0.2, 0.25) is 0 Å². The van der Waals surface area contributed by atoms with Gasteiger partial charge in [0.25, 0.3) is 0 Å². The van der Waals surface area contributed by atoms with E-state index in [0.717, 1.165) is 29.3 Å². The molecule has 28 heavy (non-hydrogen) atoms. The molecule has 1 heterocycles. The molecule has 0 aliphatic heterocycles. The summed E-state index contributed by atoms with van der Waals surface area (Å²) < 4.78 is 0.683. The molecule has 1 N–H and O–H groups in total. The normalized spacial score (nSPS) is 14.6. The van der Waals surface area contributed by atoms with Crippen LogP contribution in [0.4, 0.5) is 10.8 Å². The Kier molecular flexibility index (Phi) is 5.32. The lowest BCUT2D eigenvalue weighted by atomic mass is 10.1. The van der Waals surface area contributed by atoms with E-state index in [4.69, 9.17) is 0 Å². The Morgan fingerprint density at radius 3 is 2.68 bits per heavy atom. The zero-order valence-electron chi connectivity index (χ0n) is 15.6. The van der Waals surface area contributed by atoms with Crippen LogP contribution in [0.15, 0.2) is 46.8 Å². The number of hydrogen-bond acceptors (Lipinski definition) is 6. The molecule has 1 fully saturated rings. The molecule has 0 radical (unpaired) electrons. The molecule has 8 heteroatoms. The van der Waals surface area contributed by atoms with Crippen LogP contribution in [0.3, 0.4) is 0 Å². The second-order valence-electron chi connectivity index (χ2n) is 6.75. The fourth-order valence-electron chi connectivity index (χ4n) is 3.00. The second-order valence-corrected chi connectivity index (χ2v) is 9.29. The van der Waals surface area contributed by atoms with Crippen LogP contribution in [0.25, 0.3) is 10.8 Å². The third-order valence-electron chi connectivity index (χ3n) is 4.55. The van der Waals surface area contributed by atoms with Crippen molar-refractivity contribution in [3.63, 3.8) is 0 Å². The minimum Gasteiger partial charge on any atom is -0.325 e. The van der Waals surface area contributed by atoms with Crippen molar-refractivity contribution >= 4 is 56.5 Å². The Bertz CT molecular complexity index is 1030. The fraction of sp³-hybridized carbons (Fsp3) is 0.300. The van der Waals surface area contributed by atoms with Crippen molar-refractivity contribution < 1.29 is 9.59 Å². The molecule has 2 aromatic carbocycles. The standard InChI is InChI=1S/C20H20N4O2S2/c1-12(18(26)21-17-9-5-7-14-6-3-4-8-16(14)17)27-20-23-22-19(28-20)24(13(2)25)15-10-11-15/h3-9,12,15H,10-11H2,1-2H3,(H,21,26). The molecule has 3 aromatic rings. The van der Waals surface area contributed by atoms with Crippen molar-refractivity contribution in [1.82, 2.24) is 10.2 Å². The average Bonchev–Trinajstić information content (AvgIpc) is 3.40. The number of amides is 2. The van der Waals surface area contributed by atoms with Crippen molar-refractivity contribution in [3.05, 3.63) is 42.5 Å². The molecule has 0 spiro atoms. The predicted molar refractivity (Wildman–Crippen MR) is 114 cm³/mol. The van der Waals surface area contributed by atoms with Crippen LogP contribution >= 0.6 is 23.1 Å². The fourth-order valence-corrected chi connectivity index (χ4v) is 5.10. The Morgan fingerprint density at radius 2 is 1.93 bits per heavy atom. The van der Waals surface area contributed by atoms with E-state index >= 15 is 0 Å². The van der Waals surface area contributed by atoms with Gasteiger partial charge in [-0.2, -0.15) is 0 Å². The summed E-state index contributed by atoms with van der Waals surface area (Å²) in [5.41, 5.74) is 0.796. The molecule has 144 valence electrons. The highest BCUT2D eigenvalue weighted by Crippen LogP contribution is 2.37. The first-order chi connectivity index (χ1) is 13.5. The minimum absolute atomic E-state index is 0.0167. The van der Waals surface area contributed by atoms with Crippen molar-refractivity contribution in [2.24, 2.45) is 0 Å². The first kappa shape index (κ1) is 18.9. The third-order valence-corrected chi connectivity index (χ3v) is 6.65. The number of nitrogens with zero attached hydrogens (tertiary/aromatic N) is 3. The summed E-state index contributed by atoms with van der Waals surface area (Å²) in [7, 11) is 0. The molecule has 1 saturated carbocycles. The summed E-state index contributed by atoms with van der Waals surface area (Å²) in [5, 5.41) is 13.7. The number of fused-ring (bicyclic) bond motifs is 1. The van der Waals surface area contributed by atoms with Gasteiger partial charge in [-0.1, -0.05) is 59.5 Å². The van der Waals surface area contributed by atoms with Gasteiger partial charge in [0.15, 0.2) is 4.34 Å². The molecule has 1 aromatic heterocycles. The Balaban J connectivity index is 1.44. The number of rotatable bonds is 6. The lowest BCUT2D eigenvalue weighted by Gasteiger charge is -2.15. The Labute approximate surface area is 171 Å². The Hall–Kier alpha value is -2.45. The van der Waals surface area contributed by atoms with E-state index in [0.29, 0.717) is 9.47 Å². The first-order valence-electron chi connectivity index (χ1n) is 9.11. The molecule has 1 atom stereocenters. The molecular formula is C20H20N4O2S2. The minimum atomic E-state index is -0.341. The number of carbonyl (C=O) groups is 2. The van der Waals surface area contributed by atoms with E-state index < -0.39 is 0 Å². The van der Waals surface area contributed by atoms with Crippen molar-refractivity contribution in [2.45, 2.75) is 42.3 Å². The summed E-state index contributed by atoms with van der Waals surface area (Å²) >= 11 is 2.71. The van der Waals surface area contributed by atoms with Gasteiger partial charge in [0.2, 0.25) is 16.9 Å². The molecule has 1 aliphatic rings. The van der Waals surface area contributed by atoms with Gasteiger partial charge in [0, 0.05) is 24.0 Å². The van der Waals surface area contributed by atoms with Crippen molar-refractivity contribution in [3.8, 4) is 0 Å². The summed E-state index contributed by atoms with van der Waals surface area (Å²) in [5.74, 6) is -0.110. The second kappa shape index (κ2) is 7.89. The van der Waals surface area contributed by atoms with Crippen LogP contribution in [0, 0.1) is 0 Å². The van der Waals surface area contributed by atoms with E-state index in [1.54, 1.807) is 11.8 Å².